The first-order valence-electron chi connectivity index (χ1n) is 10.4. The van der Waals surface area contributed by atoms with Crippen molar-refractivity contribution in [3.63, 3.8) is 0 Å². The van der Waals surface area contributed by atoms with Crippen LogP contribution in [0.3, 0.4) is 0 Å². The highest BCUT2D eigenvalue weighted by Gasteiger charge is 2.39. The van der Waals surface area contributed by atoms with E-state index in [1.807, 2.05) is 36.4 Å². The number of benzene rings is 2. The lowest BCUT2D eigenvalue weighted by molar-refractivity contribution is -0.113. The number of hydrogen-bond donors (Lipinski definition) is 2. The van der Waals surface area contributed by atoms with E-state index >= 15 is 0 Å². The molecule has 1 fully saturated rings. The van der Waals surface area contributed by atoms with Crippen LogP contribution in [0.2, 0.25) is 0 Å². The summed E-state index contributed by atoms with van der Waals surface area (Å²) < 4.78 is 5.22. The van der Waals surface area contributed by atoms with Gasteiger partial charge in [-0.05, 0) is 54.9 Å². The van der Waals surface area contributed by atoms with Crippen molar-refractivity contribution in [2.75, 3.05) is 16.8 Å². The minimum atomic E-state index is -0.642. The van der Waals surface area contributed by atoms with Gasteiger partial charge < -0.3 is 10.1 Å². The Bertz CT molecular complexity index is 1300. The molecule has 0 aliphatic carbocycles. The number of amides is 2. The summed E-state index contributed by atoms with van der Waals surface area (Å²) in [4.78, 5) is 41.0. The Morgan fingerprint density at radius 3 is 2.38 bits per heavy atom. The monoisotopic (exact) mass is 491 g/mol. The fraction of sp³-hybridized carbons (Fsp3) is 0.120. The maximum atomic E-state index is 13.3. The van der Waals surface area contributed by atoms with Crippen molar-refractivity contribution in [3.8, 4) is 0 Å². The number of nitrogens with one attached hydrogen (secondary N) is 2. The van der Waals surface area contributed by atoms with Crippen LogP contribution in [0.5, 0.6) is 0 Å². The predicted molar refractivity (Wildman–Crippen MR) is 137 cm³/mol. The van der Waals surface area contributed by atoms with Gasteiger partial charge in [0.1, 0.15) is 5.00 Å². The number of ether oxygens (including phenoxy) is 1. The van der Waals surface area contributed by atoms with E-state index in [1.54, 1.807) is 44.2 Å². The van der Waals surface area contributed by atoms with Crippen molar-refractivity contribution in [1.82, 2.24) is 0 Å². The molecule has 2 N–H and O–H groups in total. The van der Waals surface area contributed by atoms with E-state index in [-0.39, 0.29) is 27.2 Å². The largest absolute Gasteiger partial charge is 0.462 e. The van der Waals surface area contributed by atoms with Crippen LogP contribution in [0.15, 0.2) is 65.6 Å². The molecule has 7 nitrogen and oxygen atoms in total. The van der Waals surface area contributed by atoms with Gasteiger partial charge in [0.15, 0.2) is 5.17 Å². The van der Waals surface area contributed by atoms with Crippen molar-refractivity contribution in [3.05, 3.63) is 87.1 Å². The molecule has 3 aromatic rings. The number of thiophene rings is 1. The number of rotatable bonds is 6. The Morgan fingerprint density at radius 1 is 1.09 bits per heavy atom. The smallest absolute Gasteiger partial charge is 0.341 e. The number of para-hydroxylation sites is 1. The van der Waals surface area contributed by atoms with E-state index < -0.39 is 17.8 Å². The topological polar surface area (TPSA) is 99.6 Å². The number of carbonyl (C=O) groups is 3. The van der Waals surface area contributed by atoms with Crippen LogP contribution in [-0.4, -0.2) is 29.6 Å². The molecule has 1 aromatic heterocycles. The molecule has 0 saturated carbocycles. The summed E-state index contributed by atoms with van der Waals surface area (Å²) in [5.41, 5.74) is 1.94. The molecule has 34 heavy (non-hydrogen) atoms. The Hall–Kier alpha value is -3.69. The third-order valence-electron chi connectivity index (χ3n) is 4.97. The fourth-order valence-corrected chi connectivity index (χ4v) is 5.50. The number of carbonyl (C=O) groups excluding carboxylic acids is 3. The summed E-state index contributed by atoms with van der Waals surface area (Å²) in [6.45, 7) is 3.46. The number of nitrogens with zero attached hydrogens (tertiary/aromatic N) is 1. The van der Waals surface area contributed by atoms with E-state index in [2.05, 4.69) is 5.32 Å². The molecule has 9 heteroatoms. The van der Waals surface area contributed by atoms with Crippen molar-refractivity contribution < 1.29 is 19.1 Å². The van der Waals surface area contributed by atoms with Crippen molar-refractivity contribution in [1.29, 1.82) is 5.41 Å². The molecule has 172 valence electrons. The zero-order chi connectivity index (χ0) is 24.2. The molecule has 2 heterocycles. The highest BCUT2D eigenvalue weighted by Crippen LogP contribution is 2.43. The number of hydrogen-bond acceptors (Lipinski definition) is 7. The lowest BCUT2D eigenvalue weighted by Crippen LogP contribution is -2.29. The zero-order valence-electron chi connectivity index (χ0n) is 18.5. The third kappa shape index (κ3) is 4.66. The Kier molecular flexibility index (Phi) is 6.95. The van der Waals surface area contributed by atoms with E-state index in [1.165, 1.54) is 4.90 Å². The van der Waals surface area contributed by atoms with Gasteiger partial charge in [-0.3, -0.25) is 15.0 Å². The van der Waals surface area contributed by atoms with E-state index in [0.717, 1.165) is 28.7 Å². The van der Waals surface area contributed by atoms with Gasteiger partial charge in [-0.25, -0.2) is 9.69 Å². The van der Waals surface area contributed by atoms with E-state index in [9.17, 15) is 14.4 Å². The molecule has 4 rings (SSSR count). The molecule has 0 unspecified atom stereocenters. The van der Waals surface area contributed by atoms with Gasteiger partial charge in [-0.1, -0.05) is 48.5 Å². The standard InChI is InChI=1S/C25H21N3O4S2/c1-3-32-24(31)19-15(2)20(21(29)27-17-12-8-5-9-13-17)34-23(19)28-22(30)18(33-25(28)26)14-16-10-6-4-7-11-16/h4-14,26H,3H2,1-2H3,(H,27,29)/b18-14-,26-25?. The van der Waals surface area contributed by atoms with Crippen LogP contribution >= 0.6 is 23.1 Å². The average molecular weight is 492 g/mol. The molecule has 1 aliphatic rings. The third-order valence-corrected chi connectivity index (χ3v) is 7.13. The Labute approximate surface area is 204 Å². The normalized spacial score (nSPS) is 14.5. The molecule has 1 aliphatic heterocycles. The summed E-state index contributed by atoms with van der Waals surface area (Å²) in [5, 5.41) is 11.4. The molecular formula is C25H21N3O4S2. The second-order valence-corrected chi connectivity index (χ2v) is 9.27. The first-order chi connectivity index (χ1) is 16.4. The van der Waals surface area contributed by atoms with Crippen LogP contribution in [0, 0.1) is 12.3 Å². The number of esters is 1. The van der Waals surface area contributed by atoms with Gasteiger partial charge in [0, 0.05) is 5.69 Å². The summed E-state index contributed by atoms with van der Waals surface area (Å²) in [6.07, 6.45) is 1.70. The van der Waals surface area contributed by atoms with Crippen LogP contribution in [0.1, 0.15) is 38.1 Å². The molecule has 0 spiro atoms. The minimum Gasteiger partial charge on any atom is -0.462 e. The molecule has 0 bridgehead atoms. The zero-order valence-corrected chi connectivity index (χ0v) is 20.1. The van der Waals surface area contributed by atoms with E-state index in [0.29, 0.717) is 16.2 Å². The molecular weight excluding hydrogens is 470 g/mol. The maximum absolute atomic E-state index is 13.3. The lowest BCUT2D eigenvalue weighted by atomic mass is 10.1. The maximum Gasteiger partial charge on any atom is 0.341 e. The quantitative estimate of drug-likeness (QED) is 0.348. The average Bonchev–Trinajstić information content (AvgIpc) is 3.30. The van der Waals surface area contributed by atoms with Gasteiger partial charge >= 0.3 is 5.97 Å². The highest BCUT2D eigenvalue weighted by molar-refractivity contribution is 8.19. The second kappa shape index (κ2) is 10.1. The predicted octanol–water partition coefficient (Wildman–Crippen LogP) is 5.54. The number of thioether (sulfide) groups is 1. The van der Waals surface area contributed by atoms with Gasteiger partial charge in [0.05, 0.1) is 22.0 Å². The molecule has 2 aromatic carbocycles. The van der Waals surface area contributed by atoms with Gasteiger partial charge in [0.2, 0.25) is 0 Å². The second-order valence-electron chi connectivity index (χ2n) is 7.24. The number of anilines is 2. The fourth-order valence-electron chi connectivity index (χ4n) is 3.40. The van der Waals surface area contributed by atoms with Crippen LogP contribution in [0.4, 0.5) is 10.7 Å². The van der Waals surface area contributed by atoms with Crippen LogP contribution < -0.4 is 10.2 Å². The molecule has 1 saturated heterocycles. The molecule has 2 amide bonds. The Morgan fingerprint density at radius 2 is 1.74 bits per heavy atom. The van der Waals surface area contributed by atoms with E-state index in [4.69, 9.17) is 10.1 Å². The van der Waals surface area contributed by atoms with Crippen molar-refractivity contribution >= 4 is 62.8 Å². The highest BCUT2D eigenvalue weighted by atomic mass is 32.2. The first-order valence-corrected chi connectivity index (χ1v) is 12.1. The van der Waals surface area contributed by atoms with Gasteiger partial charge in [-0.15, -0.1) is 11.3 Å². The Balaban J connectivity index is 1.74. The molecule has 0 atom stereocenters. The number of amidine groups is 1. The van der Waals surface area contributed by atoms with Crippen molar-refractivity contribution in [2.45, 2.75) is 13.8 Å². The SMILES string of the molecule is CCOC(=O)c1c(N2C(=N)S/C(=C\c3ccccc3)C2=O)sc(C(=O)Nc2ccccc2)c1C. The summed E-state index contributed by atoms with van der Waals surface area (Å²) in [5.74, 6) is -1.48. The minimum absolute atomic E-state index is 0.0472. The summed E-state index contributed by atoms with van der Waals surface area (Å²) in [6, 6.07) is 18.3. The lowest BCUT2D eigenvalue weighted by Gasteiger charge is -2.14. The van der Waals surface area contributed by atoms with Crippen LogP contribution in [-0.2, 0) is 9.53 Å². The first kappa shape index (κ1) is 23.5. The van der Waals surface area contributed by atoms with Crippen LogP contribution in [0.25, 0.3) is 6.08 Å². The van der Waals surface area contributed by atoms with Gasteiger partial charge in [0.25, 0.3) is 11.8 Å². The summed E-state index contributed by atoms with van der Waals surface area (Å²) >= 11 is 2.00. The molecule has 0 radical (unpaired) electrons. The van der Waals surface area contributed by atoms with Gasteiger partial charge in [-0.2, -0.15) is 0 Å². The van der Waals surface area contributed by atoms with Crippen molar-refractivity contribution in [2.24, 2.45) is 0 Å². The summed E-state index contributed by atoms with van der Waals surface area (Å²) in [7, 11) is 0.